The first-order valence-electron chi connectivity index (χ1n) is 7.64. The second-order valence-corrected chi connectivity index (χ2v) is 6.00. The Morgan fingerprint density at radius 1 is 1.25 bits per heavy atom. The fraction of sp³-hybridized carbons (Fsp3) is 0.588. The van der Waals surface area contributed by atoms with Crippen molar-refractivity contribution >= 4 is 5.91 Å². The largest absolute Gasteiger partial charge is 0.342 e. The zero-order chi connectivity index (χ0) is 14.5. The van der Waals surface area contributed by atoms with Crippen LogP contribution in [0, 0.1) is 19.8 Å². The molecular formula is C17H26N2O. The molecule has 1 heterocycles. The molecule has 1 amide bonds. The third-order valence-corrected chi connectivity index (χ3v) is 4.47. The first kappa shape index (κ1) is 15.0. The van der Waals surface area contributed by atoms with Crippen LogP contribution in [0.25, 0.3) is 0 Å². The zero-order valence-electron chi connectivity index (χ0n) is 12.7. The van der Waals surface area contributed by atoms with E-state index >= 15 is 0 Å². The number of nitrogens with zero attached hydrogens (tertiary/aromatic N) is 1. The van der Waals surface area contributed by atoms with Gasteiger partial charge in [0.05, 0.1) is 6.42 Å². The van der Waals surface area contributed by atoms with Crippen LogP contribution in [-0.2, 0) is 11.2 Å². The minimum atomic E-state index is 0.263. The van der Waals surface area contributed by atoms with Crippen molar-refractivity contribution in [3.05, 3.63) is 34.9 Å². The third-order valence-electron chi connectivity index (χ3n) is 4.47. The Labute approximate surface area is 122 Å². The Kier molecular flexibility index (Phi) is 5.18. The summed E-state index contributed by atoms with van der Waals surface area (Å²) in [6.45, 7) is 6.76. The summed E-state index contributed by atoms with van der Waals surface area (Å²) in [7, 11) is 0. The van der Waals surface area contributed by atoms with E-state index in [1.54, 1.807) is 0 Å². The van der Waals surface area contributed by atoms with Crippen molar-refractivity contribution in [1.29, 1.82) is 0 Å². The lowest BCUT2D eigenvalue weighted by molar-refractivity contribution is -0.131. The quantitative estimate of drug-likeness (QED) is 0.916. The van der Waals surface area contributed by atoms with Crippen LogP contribution in [0.1, 0.15) is 36.0 Å². The highest BCUT2D eigenvalue weighted by molar-refractivity contribution is 5.79. The number of nitrogens with two attached hydrogens (primary N) is 1. The number of benzene rings is 1. The van der Waals surface area contributed by atoms with Crippen LogP contribution < -0.4 is 5.73 Å². The molecule has 110 valence electrons. The molecular weight excluding hydrogens is 248 g/mol. The first-order valence-corrected chi connectivity index (χ1v) is 7.64. The molecule has 0 spiro atoms. The first-order chi connectivity index (χ1) is 9.60. The van der Waals surface area contributed by atoms with Crippen molar-refractivity contribution in [2.75, 3.05) is 19.6 Å². The van der Waals surface area contributed by atoms with Gasteiger partial charge in [0, 0.05) is 13.1 Å². The summed E-state index contributed by atoms with van der Waals surface area (Å²) in [4.78, 5) is 14.3. The maximum absolute atomic E-state index is 12.3. The Bertz CT molecular complexity index is 462. The van der Waals surface area contributed by atoms with Gasteiger partial charge in [-0.2, -0.15) is 0 Å². The molecule has 0 atom stereocenters. The van der Waals surface area contributed by atoms with E-state index in [0.717, 1.165) is 44.5 Å². The van der Waals surface area contributed by atoms with Gasteiger partial charge in [-0.15, -0.1) is 0 Å². The number of piperidine rings is 1. The van der Waals surface area contributed by atoms with Crippen molar-refractivity contribution in [2.24, 2.45) is 11.7 Å². The predicted octanol–water partition coefficient (Wildman–Crippen LogP) is 2.43. The van der Waals surface area contributed by atoms with E-state index in [1.165, 1.54) is 11.1 Å². The molecule has 0 aliphatic carbocycles. The zero-order valence-corrected chi connectivity index (χ0v) is 12.7. The van der Waals surface area contributed by atoms with Crippen molar-refractivity contribution in [3.8, 4) is 0 Å². The number of hydrogen-bond donors (Lipinski definition) is 1. The average molecular weight is 274 g/mol. The maximum Gasteiger partial charge on any atom is 0.226 e. The van der Waals surface area contributed by atoms with Gasteiger partial charge in [-0.3, -0.25) is 4.79 Å². The molecule has 3 nitrogen and oxygen atoms in total. The van der Waals surface area contributed by atoms with Crippen LogP contribution >= 0.6 is 0 Å². The molecule has 0 unspecified atom stereocenters. The highest BCUT2D eigenvalue weighted by Gasteiger charge is 2.22. The van der Waals surface area contributed by atoms with Crippen LogP contribution in [0.3, 0.4) is 0 Å². The van der Waals surface area contributed by atoms with Gasteiger partial charge in [-0.1, -0.05) is 18.2 Å². The number of likely N-dealkylation sites (tertiary alicyclic amines) is 1. The molecule has 1 aromatic carbocycles. The van der Waals surface area contributed by atoms with Crippen LogP contribution in [0.5, 0.6) is 0 Å². The summed E-state index contributed by atoms with van der Waals surface area (Å²) in [5.74, 6) is 0.977. The van der Waals surface area contributed by atoms with Gasteiger partial charge in [0.1, 0.15) is 0 Å². The highest BCUT2D eigenvalue weighted by atomic mass is 16.2. The second kappa shape index (κ2) is 6.89. The van der Waals surface area contributed by atoms with E-state index in [-0.39, 0.29) is 5.91 Å². The highest BCUT2D eigenvalue weighted by Crippen LogP contribution is 2.20. The molecule has 2 rings (SSSR count). The smallest absolute Gasteiger partial charge is 0.226 e. The summed E-state index contributed by atoms with van der Waals surface area (Å²) in [6.07, 6.45) is 3.84. The number of aryl methyl sites for hydroxylation is 2. The SMILES string of the molecule is Cc1ccc(CC(=O)N2CCC(CCN)CC2)cc1C. The van der Waals surface area contributed by atoms with E-state index < -0.39 is 0 Å². The van der Waals surface area contributed by atoms with Crippen LogP contribution in [0.2, 0.25) is 0 Å². The van der Waals surface area contributed by atoms with Gasteiger partial charge >= 0.3 is 0 Å². The molecule has 0 radical (unpaired) electrons. The predicted molar refractivity (Wildman–Crippen MR) is 82.6 cm³/mol. The van der Waals surface area contributed by atoms with Gasteiger partial charge in [0.2, 0.25) is 5.91 Å². The standard InChI is InChI=1S/C17H26N2O/c1-13-3-4-16(11-14(13)2)12-17(20)19-9-6-15(5-8-18)7-10-19/h3-4,11,15H,5-10,12,18H2,1-2H3. The van der Waals surface area contributed by atoms with Gasteiger partial charge in [0.15, 0.2) is 0 Å². The van der Waals surface area contributed by atoms with Crippen LogP contribution in [0.15, 0.2) is 18.2 Å². The molecule has 1 saturated heterocycles. The van der Waals surface area contributed by atoms with Crippen molar-refractivity contribution in [2.45, 2.75) is 39.5 Å². The minimum absolute atomic E-state index is 0.263. The summed E-state index contributed by atoms with van der Waals surface area (Å²) < 4.78 is 0. The average Bonchev–Trinajstić information content (AvgIpc) is 2.44. The summed E-state index contributed by atoms with van der Waals surface area (Å²) in [5, 5.41) is 0. The van der Waals surface area contributed by atoms with Gasteiger partial charge in [-0.05, 0) is 62.3 Å². The Hall–Kier alpha value is -1.35. The van der Waals surface area contributed by atoms with Crippen molar-refractivity contribution in [1.82, 2.24) is 4.90 Å². The third kappa shape index (κ3) is 3.83. The second-order valence-electron chi connectivity index (χ2n) is 6.00. The van der Waals surface area contributed by atoms with E-state index in [1.807, 2.05) is 4.90 Å². The number of amides is 1. The van der Waals surface area contributed by atoms with Crippen LogP contribution in [0.4, 0.5) is 0 Å². The molecule has 0 saturated carbocycles. The van der Waals surface area contributed by atoms with Gasteiger partial charge in [0.25, 0.3) is 0 Å². The fourth-order valence-corrected chi connectivity index (χ4v) is 2.91. The summed E-state index contributed by atoms with van der Waals surface area (Å²) in [5.41, 5.74) is 9.27. The lowest BCUT2D eigenvalue weighted by Crippen LogP contribution is -2.39. The molecule has 20 heavy (non-hydrogen) atoms. The molecule has 1 fully saturated rings. The molecule has 1 aliphatic rings. The van der Waals surface area contributed by atoms with E-state index in [4.69, 9.17) is 5.73 Å². The molecule has 0 aromatic heterocycles. The number of carbonyl (C=O) groups excluding carboxylic acids is 1. The molecule has 1 aliphatic heterocycles. The Balaban J connectivity index is 1.88. The minimum Gasteiger partial charge on any atom is -0.342 e. The van der Waals surface area contributed by atoms with Gasteiger partial charge in [-0.25, -0.2) is 0 Å². The molecule has 0 bridgehead atoms. The Morgan fingerprint density at radius 3 is 2.55 bits per heavy atom. The topological polar surface area (TPSA) is 46.3 Å². The molecule has 1 aromatic rings. The fourth-order valence-electron chi connectivity index (χ4n) is 2.91. The lowest BCUT2D eigenvalue weighted by atomic mass is 9.93. The Morgan fingerprint density at radius 2 is 1.95 bits per heavy atom. The molecule has 2 N–H and O–H groups in total. The summed E-state index contributed by atoms with van der Waals surface area (Å²) >= 11 is 0. The number of rotatable bonds is 4. The number of carbonyl (C=O) groups is 1. The lowest BCUT2D eigenvalue weighted by Gasteiger charge is -2.32. The maximum atomic E-state index is 12.3. The monoisotopic (exact) mass is 274 g/mol. The van der Waals surface area contributed by atoms with Crippen molar-refractivity contribution < 1.29 is 4.79 Å². The van der Waals surface area contributed by atoms with Crippen molar-refractivity contribution in [3.63, 3.8) is 0 Å². The normalized spacial score (nSPS) is 16.4. The molecule has 3 heteroatoms. The van der Waals surface area contributed by atoms with E-state index in [2.05, 4.69) is 32.0 Å². The van der Waals surface area contributed by atoms with Gasteiger partial charge < -0.3 is 10.6 Å². The van der Waals surface area contributed by atoms with E-state index in [0.29, 0.717) is 12.3 Å². The van der Waals surface area contributed by atoms with E-state index in [9.17, 15) is 4.79 Å². The summed E-state index contributed by atoms with van der Waals surface area (Å²) in [6, 6.07) is 6.31. The van der Waals surface area contributed by atoms with Crippen LogP contribution in [-0.4, -0.2) is 30.4 Å². The number of hydrogen-bond acceptors (Lipinski definition) is 2.